The highest BCUT2D eigenvalue weighted by atomic mass is 16.6. The molecule has 3 amide bonds. The Labute approximate surface area is 213 Å². The van der Waals surface area contributed by atoms with Crippen LogP contribution in [0, 0.1) is 6.92 Å². The summed E-state index contributed by atoms with van der Waals surface area (Å²) >= 11 is 0. The van der Waals surface area contributed by atoms with Gasteiger partial charge in [-0.3, -0.25) is 14.4 Å². The van der Waals surface area contributed by atoms with Gasteiger partial charge >= 0.3 is 12.1 Å². The van der Waals surface area contributed by atoms with Crippen molar-refractivity contribution in [2.75, 3.05) is 19.7 Å². The van der Waals surface area contributed by atoms with Crippen molar-refractivity contribution in [1.82, 2.24) is 15.5 Å². The molecule has 1 aromatic rings. The number of esters is 1. The molecule has 0 fully saturated rings. The fourth-order valence-corrected chi connectivity index (χ4v) is 3.43. The maximum Gasteiger partial charge on any atom is 0.408 e. The number of benzene rings is 1. The SMILES string of the molecule is CCOC(=O)CCNC(=O)C(c1ccc(O)c(C)c1)N(C(=O)CNC(=O)OC(C)(C)C)C(C)(C)CC. The van der Waals surface area contributed by atoms with E-state index in [-0.39, 0.29) is 31.9 Å². The van der Waals surface area contributed by atoms with Crippen LogP contribution in [0.3, 0.4) is 0 Å². The first-order valence-electron chi connectivity index (χ1n) is 12.1. The van der Waals surface area contributed by atoms with Gasteiger partial charge in [-0.05, 0) is 78.1 Å². The molecule has 0 heterocycles. The third-order valence-corrected chi connectivity index (χ3v) is 5.55. The number of rotatable bonds is 11. The van der Waals surface area contributed by atoms with Gasteiger partial charge in [0.25, 0.3) is 0 Å². The number of carbonyl (C=O) groups excluding carboxylic acids is 4. The van der Waals surface area contributed by atoms with Crippen LogP contribution in [0.5, 0.6) is 5.75 Å². The van der Waals surface area contributed by atoms with Gasteiger partial charge in [0.05, 0.1) is 13.0 Å². The maximum atomic E-state index is 13.5. The zero-order valence-corrected chi connectivity index (χ0v) is 22.7. The lowest BCUT2D eigenvalue weighted by molar-refractivity contribution is -0.147. The summed E-state index contributed by atoms with van der Waals surface area (Å²) in [5.74, 6) is -1.39. The van der Waals surface area contributed by atoms with Gasteiger partial charge in [0, 0.05) is 12.1 Å². The van der Waals surface area contributed by atoms with Crippen molar-refractivity contribution in [2.24, 2.45) is 0 Å². The molecule has 1 aromatic carbocycles. The van der Waals surface area contributed by atoms with Crippen LogP contribution in [0.25, 0.3) is 0 Å². The Morgan fingerprint density at radius 2 is 1.69 bits per heavy atom. The van der Waals surface area contributed by atoms with Crippen LogP contribution in [-0.4, -0.2) is 64.7 Å². The van der Waals surface area contributed by atoms with Gasteiger partial charge in [0.1, 0.15) is 23.9 Å². The minimum absolute atomic E-state index is 0.0216. The highest BCUT2D eigenvalue weighted by Crippen LogP contribution is 2.33. The number of alkyl carbamates (subject to hydrolysis) is 1. The number of aryl methyl sites for hydroxylation is 1. The highest BCUT2D eigenvalue weighted by molar-refractivity contribution is 5.91. The number of hydrogen-bond acceptors (Lipinski definition) is 7. The fraction of sp³-hybridized carbons (Fsp3) is 0.615. The minimum Gasteiger partial charge on any atom is -0.508 e. The van der Waals surface area contributed by atoms with E-state index in [0.29, 0.717) is 17.5 Å². The van der Waals surface area contributed by atoms with Gasteiger partial charge < -0.3 is 30.1 Å². The number of carbonyl (C=O) groups is 4. The summed E-state index contributed by atoms with van der Waals surface area (Å²) in [5.41, 5.74) is -0.515. The summed E-state index contributed by atoms with van der Waals surface area (Å²) in [6.07, 6.45) is -0.262. The van der Waals surface area contributed by atoms with Crippen LogP contribution in [0.15, 0.2) is 18.2 Å². The summed E-state index contributed by atoms with van der Waals surface area (Å²) in [6, 6.07) is 3.59. The lowest BCUT2D eigenvalue weighted by atomic mass is 9.92. The number of nitrogens with zero attached hydrogens (tertiary/aromatic N) is 1. The minimum atomic E-state index is -1.09. The molecule has 1 rings (SSSR count). The molecule has 36 heavy (non-hydrogen) atoms. The second kappa shape index (κ2) is 13.1. The number of amides is 3. The van der Waals surface area contributed by atoms with Crippen molar-refractivity contribution in [3.05, 3.63) is 29.3 Å². The number of phenols is 1. The highest BCUT2D eigenvalue weighted by Gasteiger charge is 2.40. The van der Waals surface area contributed by atoms with E-state index in [1.54, 1.807) is 46.8 Å². The predicted octanol–water partition coefficient (Wildman–Crippen LogP) is 3.35. The van der Waals surface area contributed by atoms with Crippen molar-refractivity contribution >= 4 is 23.9 Å². The molecule has 0 radical (unpaired) electrons. The van der Waals surface area contributed by atoms with E-state index in [4.69, 9.17) is 9.47 Å². The Morgan fingerprint density at radius 3 is 2.22 bits per heavy atom. The van der Waals surface area contributed by atoms with Crippen molar-refractivity contribution < 1.29 is 33.8 Å². The summed E-state index contributed by atoms with van der Waals surface area (Å²) in [4.78, 5) is 52.3. The Bertz CT molecular complexity index is 938. The number of aromatic hydroxyl groups is 1. The van der Waals surface area contributed by atoms with Crippen LogP contribution in [0.2, 0.25) is 0 Å². The van der Waals surface area contributed by atoms with E-state index < -0.39 is 41.1 Å². The number of hydrogen-bond donors (Lipinski definition) is 3. The van der Waals surface area contributed by atoms with Gasteiger partial charge in [-0.2, -0.15) is 0 Å². The lowest BCUT2D eigenvalue weighted by Gasteiger charge is -2.43. The zero-order valence-electron chi connectivity index (χ0n) is 22.7. The molecule has 0 aromatic heterocycles. The standard InChI is InChI=1S/C26H41N3O7/c1-9-26(7,8)29(20(31)16-28-24(34)36-25(4,5)6)22(18-11-12-19(30)17(3)15-18)23(33)27-14-13-21(32)35-10-2/h11-12,15,22,30H,9-10,13-14,16H2,1-8H3,(H,27,33)(H,28,34). The Morgan fingerprint density at radius 1 is 1.06 bits per heavy atom. The molecule has 10 heteroatoms. The second-order valence-electron chi connectivity index (χ2n) is 10.1. The first kappa shape index (κ1) is 30.7. The van der Waals surface area contributed by atoms with E-state index in [0.717, 1.165) is 0 Å². The molecule has 0 spiro atoms. The summed E-state index contributed by atoms with van der Waals surface area (Å²) < 4.78 is 10.1. The molecule has 0 aliphatic rings. The number of nitrogens with one attached hydrogen (secondary N) is 2. The van der Waals surface area contributed by atoms with Crippen molar-refractivity contribution in [2.45, 2.75) is 85.4 Å². The fourth-order valence-electron chi connectivity index (χ4n) is 3.43. The van der Waals surface area contributed by atoms with Gasteiger partial charge in [0.2, 0.25) is 11.8 Å². The summed E-state index contributed by atoms with van der Waals surface area (Å²) in [5, 5.41) is 15.2. The third kappa shape index (κ3) is 9.39. The van der Waals surface area contributed by atoms with E-state index in [2.05, 4.69) is 10.6 Å². The molecule has 10 nitrogen and oxygen atoms in total. The van der Waals surface area contributed by atoms with Gasteiger partial charge in [0.15, 0.2) is 0 Å². The summed E-state index contributed by atoms with van der Waals surface area (Å²) in [6.45, 7) is 13.9. The lowest BCUT2D eigenvalue weighted by Crippen LogP contribution is -2.56. The Balaban J connectivity index is 3.33. The molecule has 0 bridgehead atoms. The molecule has 202 valence electrons. The normalized spacial score (nSPS) is 12.3. The smallest absolute Gasteiger partial charge is 0.408 e. The molecular formula is C26H41N3O7. The van der Waals surface area contributed by atoms with Crippen LogP contribution in [-0.2, 0) is 23.9 Å². The van der Waals surface area contributed by atoms with E-state index in [1.807, 2.05) is 20.8 Å². The van der Waals surface area contributed by atoms with E-state index in [1.165, 1.54) is 11.0 Å². The second-order valence-corrected chi connectivity index (χ2v) is 10.1. The maximum absolute atomic E-state index is 13.5. The molecule has 1 atom stereocenters. The third-order valence-electron chi connectivity index (χ3n) is 5.55. The largest absolute Gasteiger partial charge is 0.508 e. The van der Waals surface area contributed by atoms with Crippen molar-refractivity contribution in [3.63, 3.8) is 0 Å². The molecule has 3 N–H and O–H groups in total. The molecule has 0 aliphatic heterocycles. The monoisotopic (exact) mass is 507 g/mol. The van der Waals surface area contributed by atoms with Gasteiger partial charge in [-0.25, -0.2) is 4.79 Å². The molecule has 0 saturated carbocycles. The van der Waals surface area contributed by atoms with Crippen LogP contribution >= 0.6 is 0 Å². The van der Waals surface area contributed by atoms with E-state index >= 15 is 0 Å². The quantitative estimate of drug-likeness (QED) is 0.391. The average molecular weight is 508 g/mol. The first-order valence-corrected chi connectivity index (χ1v) is 12.1. The van der Waals surface area contributed by atoms with Crippen LogP contribution in [0.1, 0.15) is 78.5 Å². The topological polar surface area (TPSA) is 134 Å². The summed E-state index contributed by atoms with van der Waals surface area (Å²) in [7, 11) is 0. The molecular weight excluding hydrogens is 466 g/mol. The first-order chi connectivity index (χ1) is 16.6. The van der Waals surface area contributed by atoms with Crippen molar-refractivity contribution in [3.8, 4) is 5.75 Å². The predicted molar refractivity (Wildman–Crippen MR) is 135 cm³/mol. The Kier molecular flexibility index (Phi) is 11.2. The van der Waals surface area contributed by atoms with Crippen LogP contribution < -0.4 is 10.6 Å². The number of ether oxygens (including phenoxy) is 2. The van der Waals surface area contributed by atoms with Gasteiger partial charge in [-0.15, -0.1) is 0 Å². The van der Waals surface area contributed by atoms with E-state index in [9.17, 15) is 24.3 Å². The number of phenolic OH excluding ortho intramolecular Hbond substituents is 1. The molecule has 0 aliphatic carbocycles. The average Bonchev–Trinajstić information content (AvgIpc) is 2.76. The Hall–Kier alpha value is -3.30. The molecule has 1 unspecified atom stereocenters. The molecule has 0 saturated heterocycles. The van der Waals surface area contributed by atoms with Gasteiger partial charge in [-0.1, -0.05) is 13.0 Å². The zero-order chi connectivity index (χ0) is 27.7. The van der Waals surface area contributed by atoms with Crippen molar-refractivity contribution in [1.29, 1.82) is 0 Å². The van der Waals surface area contributed by atoms with Crippen LogP contribution in [0.4, 0.5) is 4.79 Å².